The first-order chi connectivity index (χ1) is 9.49. The second-order valence-electron chi connectivity index (χ2n) is 6.14. The quantitative estimate of drug-likeness (QED) is 0.762. The fraction of sp³-hybridized carbons (Fsp3) is 0.500. The maximum atomic E-state index is 4.76. The molecule has 20 heavy (non-hydrogen) atoms. The van der Waals surface area contributed by atoms with E-state index in [2.05, 4.69) is 69.8 Å². The highest BCUT2D eigenvalue weighted by Gasteiger charge is 2.14. The van der Waals surface area contributed by atoms with Crippen molar-refractivity contribution in [2.45, 2.75) is 59.4 Å². The third-order valence-electron chi connectivity index (χ3n) is 4.06. The number of aryl methyl sites for hydroxylation is 3. The third kappa shape index (κ3) is 3.30. The lowest BCUT2D eigenvalue weighted by Crippen LogP contribution is -2.04. The van der Waals surface area contributed by atoms with Crippen LogP contribution in [0.5, 0.6) is 0 Å². The van der Waals surface area contributed by atoms with Gasteiger partial charge in [-0.05, 0) is 57.2 Å². The Morgan fingerprint density at radius 3 is 2.35 bits per heavy atom. The Bertz CT molecular complexity index is 567. The maximum Gasteiger partial charge on any atom is 0.0682 e. The van der Waals surface area contributed by atoms with E-state index in [0.717, 1.165) is 12.8 Å². The minimum atomic E-state index is 0.436. The number of hydrogen-bond acceptors (Lipinski definition) is 1. The van der Waals surface area contributed by atoms with Gasteiger partial charge in [-0.15, -0.1) is 0 Å². The van der Waals surface area contributed by atoms with Gasteiger partial charge in [0.2, 0.25) is 0 Å². The molecule has 0 radical (unpaired) electrons. The molecule has 0 saturated heterocycles. The van der Waals surface area contributed by atoms with Crippen LogP contribution in [0.1, 0.15) is 61.5 Å². The van der Waals surface area contributed by atoms with Crippen LogP contribution in [0.2, 0.25) is 0 Å². The Balaban J connectivity index is 2.05. The summed E-state index contributed by atoms with van der Waals surface area (Å²) in [4.78, 5) is 0. The van der Waals surface area contributed by atoms with Crippen molar-refractivity contribution in [3.63, 3.8) is 0 Å². The molecule has 0 amide bonds. The molecule has 0 saturated carbocycles. The van der Waals surface area contributed by atoms with Crippen molar-refractivity contribution in [1.29, 1.82) is 0 Å². The summed E-state index contributed by atoms with van der Waals surface area (Å²) in [7, 11) is 0. The molecule has 0 aliphatic heterocycles. The highest BCUT2D eigenvalue weighted by molar-refractivity contribution is 5.26. The molecule has 0 spiro atoms. The molecule has 2 heteroatoms. The van der Waals surface area contributed by atoms with Crippen molar-refractivity contribution in [3.05, 3.63) is 52.8 Å². The molecule has 0 bridgehead atoms. The van der Waals surface area contributed by atoms with E-state index in [0.29, 0.717) is 12.0 Å². The Hall–Kier alpha value is -1.57. The minimum Gasteiger partial charge on any atom is -0.270 e. The van der Waals surface area contributed by atoms with E-state index in [1.54, 1.807) is 0 Å². The molecular weight excluding hydrogens is 244 g/mol. The molecule has 1 atom stereocenters. The Morgan fingerprint density at radius 1 is 1.05 bits per heavy atom. The van der Waals surface area contributed by atoms with Crippen LogP contribution < -0.4 is 0 Å². The Kier molecular flexibility index (Phi) is 4.64. The minimum absolute atomic E-state index is 0.436. The smallest absolute Gasteiger partial charge is 0.0682 e. The number of hydrogen-bond donors (Lipinski definition) is 0. The van der Waals surface area contributed by atoms with Gasteiger partial charge in [-0.2, -0.15) is 5.10 Å². The largest absolute Gasteiger partial charge is 0.270 e. The Morgan fingerprint density at radius 2 is 1.75 bits per heavy atom. The number of nitrogens with zero attached hydrogens (tertiary/aromatic N) is 2. The zero-order valence-electron chi connectivity index (χ0n) is 13.4. The first-order valence-corrected chi connectivity index (χ1v) is 7.59. The van der Waals surface area contributed by atoms with Gasteiger partial charge >= 0.3 is 0 Å². The topological polar surface area (TPSA) is 17.8 Å². The fourth-order valence-electron chi connectivity index (χ4n) is 2.65. The van der Waals surface area contributed by atoms with Crippen molar-refractivity contribution < 1.29 is 0 Å². The fourth-order valence-corrected chi connectivity index (χ4v) is 2.65. The van der Waals surface area contributed by atoms with E-state index in [1.807, 2.05) is 0 Å². The van der Waals surface area contributed by atoms with E-state index in [1.165, 1.54) is 22.4 Å². The standard InChI is InChI=1S/C18H26N2/c1-13(2)20-12-16(5)18(19-20)15(4)10-11-17-9-7-6-8-14(17)3/h6-9,12-13,15H,10-11H2,1-5H3/t15-/m0/s1. The molecule has 0 fully saturated rings. The number of rotatable bonds is 5. The summed E-state index contributed by atoms with van der Waals surface area (Å²) in [6, 6.07) is 9.11. The molecule has 1 heterocycles. The first-order valence-electron chi connectivity index (χ1n) is 7.59. The number of benzene rings is 1. The van der Waals surface area contributed by atoms with Crippen molar-refractivity contribution in [3.8, 4) is 0 Å². The van der Waals surface area contributed by atoms with Gasteiger partial charge in [0.15, 0.2) is 0 Å². The summed E-state index contributed by atoms with van der Waals surface area (Å²) in [5.74, 6) is 0.509. The van der Waals surface area contributed by atoms with Gasteiger partial charge in [0.25, 0.3) is 0 Å². The predicted octanol–water partition coefficient (Wildman–Crippen LogP) is 4.82. The van der Waals surface area contributed by atoms with Crippen molar-refractivity contribution >= 4 is 0 Å². The second kappa shape index (κ2) is 6.25. The van der Waals surface area contributed by atoms with E-state index in [9.17, 15) is 0 Å². The molecule has 2 nitrogen and oxygen atoms in total. The molecule has 108 valence electrons. The van der Waals surface area contributed by atoms with E-state index < -0.39 is 0 Å². The molecule has 1 aromatic heterocycles. The van der Waals surface area contributed by atoms with Crippen LogP contribution >= 0.6 is 0 Å². The first kappa shape index (κ1) is 14.8. The van der Waals surface area contributed by atoms with Gasteiger partial charge in [0.1, 0.15) is 0 Å². The molecule has 0 unspecified atom stereocenters. The normalized spacial score (nSPS) is 12.9. The van der Waals surface area contributed by atoms with Gasteiger partial charge in [-0.3, -0.25) is 4.68 Å². The van der Waals surface area contributed by atoms with E-state index in [4.69, 9.17) is 5.10 Å². The number of aromatic nitrogens is 2. The summed E-state index contributed by atoms with van der Waals surface area (Å²) >= 11 is 0. The van der Waals surface area contributed by atoms with Crippen molar-refractivity contribution in [2.24, 2.45) is 0 Å². The molecule has 0 aliphatic carbocycles. The second-order valence-corrected chi connectivity index (χ2v) is 6.14. The van der Waals surface area contributed by atoms with Gasteiger partial charge in [-0.1, -0.05) is 31.2 Å². The summed E-state index contributed by atoms with van der Waals surface area (Å²) < 4.78 is 2.08. The molecule has 1 aromatic carbocycles. The van der Waals surface area contributed by atoms with Crippen LogP contribution in [0.3, 0.4) is 0 Å². The van der Waals surface area contributed by atoms with Crippen LogP contribution in [0, 0.1) is 13.8 Å². The SMILES string of the molecule is Cc1ccccc1CC[C@H](C)c1nn(C(C)C)cc1C. The van der Waals surface area contributed by atoms with Gasteiger partial charge < -0.3 is 0 Å². The molecule has 2 rings (SSSR count). The summed E-state index contributed by atoms with van der Waals surface area (Å²) in [6.45, 7) is 11.0. The monoisotopic (exact) mass is 270 g/mol. The van der Waals surface area contributed by atoms with Crippen LogP contribution in [0.25, 0.3) is 0 Å². The summed E-state index contributed by atoms with van der Waals surface area (Å²) in [6.07, 6.45) is 4.45. The summed E-state index contributed by atoms with van der Waals surface area (Å²) in [5, 5.41) is 4.76. The van der Waals surface area contributed by atoms with Crippen molar-refractivity contribution in [2.75, 3.05) is 0 Å². The van der Waals surface area contributed by atoms with E-state index in [-0.39, 0.29) is 0 Å². The molecule has 0 aliphatic rings. The molecular formula is C18H26N2. The van der Waals surface area contributed by atoms with Gasteiger partial charge in [0.05, 0.1) is 5.69 Å². The Labute approximate surface area is 122 Å². The zero-order valence-corrected chi connectivity index (χ0v) is 13.4. The average molecular weight is 270 g/mol. The van der Waals surface area contributed by atoms with Crippen LogP contribution in [-0.2, 0) is 6.42 Å². The maximum absolute atomic E-state index is 4.76. The molecule has 0 N–H and O–H groups in total. The van der Waals surface area contributed by atoms with Crippen LogP contribution in [0.15, 0.2) is 30.5 Å². The van der Waals surface area contributed by atoms with Crippen LogP contribution in [0.4, 0.5) is 0 Å². The van der Waals surface area contributed by atoms with Gasteiger partial charge in [-0.25, -0.2) is 0 Å². The van der Waals surface area contributed by atoms with E-state index >= 15 is 0 Å². The summed E-state index contributed by atoms with van der Waals surface area (Å²) in [5.41, 5.74) is 5.42. The van der Waals surface area contributed by atoms with Crippen LogP contribution in [-0.4, -0.2) is 9.78 Å². The van der Waals surface area contributed by atoms with Crippen molar-refractivity contribution in [1.82, 2.24) is 9.78 Å². The lowest BCUT2D eigenvalue weighted by atomic mass is 9.95. The molecule has 2 aromatic rings. The highest BCUT2D eigenvalue weighted by Crippen LogP contribution is 2.24. The highest BCUT2D eigenvalue weighted by atomic mass is 15.3. The average Bonchev–Trinajstić information content (AvgIpc) is 2.80. The van der Waals surface area contributed by atoms with Gasteiger partial charge in [0, 0.05) is 18.2 Å². The lowest BCUT2D eigenvalue weighted by Gasteiger charge is -2.12. The predicted molar refractivity (Wildman–Crippen MR) is 85.3 cm³/mol. The third-order valence-corrected chi connectivity index (χ3v) is 4.06. The lowest BCUT2D eigenvalue weighted by molar-refractivity contribution is 0.516. The zero-order chi connectivity index (χ0) is 14.7.